The number of rotatable bonds is 3. The minimum Gasteiger partial charge on any atom is -0.339 e. The molecule has 0 spiro atoms. The number of piperidine rings is 1. The van der Waals surface area contributed by atoms with Crippen LogP contribution in [-0.2, 0) is 13.5 Å². The lowest BCUT2D eigenvalue weighted by Gasteiger charge is -2.32. The molecule has 1 amide bonds. The van der Waals surface area contributed by atoms with Crippen LogP contribution in [0.4, 0.5) is 0 Å². The molecule has 0 atom stereocenters. The second kappa shape index (κ2) is 6.77. The fourth-order valence-corrected chi connectivity index (χ4v) is 3.10. The molecule has 0 N–H and O–H groups in total. The van der Waals surface area contributed by atoms with Crippen LogP contribution in [0.3, 0.4) is 0 Å². The van der Waals surface area contributed by atoms with E-state index < -0.39 is 0 Å². The van der Waals surface area contributed by atoms with Crippen molar-refractivity contribution in [2.45, 2.75) is 19.3 Å². The van der Waals surface area contributed by atoms with Crippen LogP contribution >= 0.6 is 0 Å². The summed E-state index contributed by atoms with van der Waals surface area (Å²) >= 11 is 0. The molecular weight excluding hydrogens is 290 g/mol. The molecule has 0 radical (unpaired) electrons. The third-order valence-electron chi connectivity index (χ3n) is 4.51. The molecule has 5 nitrogen and oxygen atoms in total. The number of hydrogen-bond donors (Lipinski definition) is 0. The van der Waals surface area contributed by atoms with E-state index >= 15 is 0 Å². The van der Waals surface area contributed by atoms with Gasteiger partial charge in [-0.2, -0.15) is 0 Å². The molecular formula is C18H21N3O2. The van der Waals surface area contributed by atoms with E-state index in [1.807, 2.05) is 17.3 Å². The summed E-state index contributed by atoms with van der Waals surface area (Å²) in [7, 11) is 1.67. The van der Waals surface area contributed by atoms with E-state index in [2.05, 4.69) is 17.1 Å². The number of carbonyl (C=O) groups is 1. The average Bonchev–Trinajstić information content (AvgIpc) is 2.58. The highest BCUT2D eigenvalue weighted by Crippen LogP contribution is 2.22. The van der Waals surface area contributed by atoms with Crippen LogP contribution in [0, 0.1) is 5.92 Å². The second-order valence-electron chi connectivity index (χ2n) is 6.16. The number of pyridine rings is 2. The van der Waals surface area contributed by atoms with E-state index in [1.165, 1.54) is 16.2 Å². The lowest BCUT2D eigenvalue weighted by atomic mass is 9.90. The summed E-state index contributed by atoms with van der Waals surface area (Å²) in [5.41, 5.74) is 1.79. The van der Waals surface area contributed by atoms with Crippen LogP contribution in [0.1, 0.15) is 28.8 Å². The van der Waals surface area contributed by atoms with Gasteiger partial charge in [-0.1, -0.05) is 0 Å². The molecule has 0 aliphatic carbocycles. The second-order valence-corrected chi connectivity index (χ2v) is 6.16. The first-order valence-corrected chi connectivity index (χ1v) is 7.98. The summed E-state index contributed by atoms with van der Waals surface area (Å²) in [6, 6.07) is 7.18. The van der Waals surface area contributed by atoms with Gasteiger partial charge in [-0.3, -0.25) is 14.6 Å². The van der Waals surface area contributed by atoms with E-state index in [0.29, 0.717) is 11.5 Å². The molecule has 0 unspecified atom stereocenters. The number of hydrogen-bond acceptors (Lipinski definition) is 3. The average molecular weight is 311 g/mol. The van der Waals surface area contributed by atoms with E-state index in [0.717, 1.165) is 32.4 Å². The van der Waals surface area contributed by atoms with E-state index in [-0.39, 0.29) is 11.5 Å². The van der Waals surface area contributed by atoms with Crippen molar-refractivity contribution >= 4 is 5.91 Å². The van der Waals surface area contributed by atoms with Gasteiger partial charge in [0.05, 0.1) is 5.56 Å². The van der Waals surface area contributed by atoms with Crippen molar-refractivity contribution < 1.29 is 4.79 Å². The van der Waals surface area contributed by atoms with Crippen molar-refractivity contribution in [1.29, 1.82) is 0 Å². The Morgan fingerprint density at radius 1 is 1.17 bits per heavy atom. The quantitative estimate of drug-likeness (QED) is 0.869. The molecule has 1 fully saturated rings. The fraction of sp³-hybridized carbons (Fsp3) is 0.389. The molecule has 0 saturated carbocycles. The highest BCUT2D eigenvalue weighted by atomic mass is 16.2. The zero-order valence-electron chi connectivity index (χ0n) is 13.3. The summed E-state index contributed by atoms with van der Waals surface area (Å²) in [5.74, 6) is 0.629. The predicted molar refractivity (Wildman–Crippen MR) is 88.3 cm³/mol. The third-order valence-corrected chi connectivity index (χ3v) is 4.51. The van der Waals surface area contributed by atoms with E-state index in [4.69, 9.17) is 0 Å². The molecule has 2 aromatic rings. The summed E-state index contributed by atoms with van der Waals surface area (Å²) in [4.78, 5) is 29.9. The van der Waals surface area contributed by atoms with Crippen LogP contribution in [0.5, 0.6) is 0 Å². The van der Waals surface area contributed by atoms with Crippen molar-refractivity contribution in [1.82, 2.24) is 14.5 Å². The molecule has 0 aromatic carbocycles. The topological polar surface area (TPSA) is 55.2 Å². The van der Waals surface area contributed by atoms with Gasteiger partial charge in [0.1, 0.15) is 0 Å². The number of likely N-dealkylation sites (tertiary alicyclic amines) is 1. The van der Waals surface area contributed by atoms with Crippen LogP contribution in [0.25, 0.3) is 0 Å². The first-order chi connectivity index (χ1) is 11.1. The molecule has 3 heterocycles. The number of aryl methyl sites for hydroxylation is 1. The van der Waals surface area contributed by atoms with Gasteiger partial charge in [-0.15, -0.1) is 0 Å². The first-order valence-electron chi connectivity index (χ1n) is 7.98. The number of aromatic nitrogens is 2. The van der Waals surface area contributed by atoms with Crippen LogP contribution in [-0.4, -0.2) is 33.4 Å². The van der Waals surface area contributed by atoms with Crippen molar-refractivity contribution in [3.8, 4) is 0 Å². The molecule has 1 saturated heterocycles. The fourth-order valence-electron chi connectivity index (χ4n) is 3.10. The monoisotopic (exact) mass is 311 g/mol. The number of nitrogens with zero attached hydrogens (tertiary/aromatic N) is 3. The first kappa shape index (κ1) is 15.5. The van der Waals surface area contributed by atoms with Gasteiger partial charge >= 0.3 is 0 Å². The highest BCUT2D eigenvalue weighted by Gasteiger charge is 2.24. The van der Waals surface area contributed by atoms with Crippen LogP contribution in [0.2, 0.25) is 0 Å². The zero-order valence-corrected chi connectivity index (χ0v) is 13.3. The minimum atomic E-state index is -0.0994. The van der Waals surface area contributed by atoms with Gasteiger partial charge in [-0.25, -0.2) is 0 Å². The van der Waals surface area contributed by atoms with Crippen molar-refractivity contribution in [2.24, 2.45) is 13.0 Å². The zero-order chi connectivity index (χ0) is 16.2. The smallest absolute Gasteiger partial charge is 0.255 e. The third kappa shape index (κ3) is 3.67. The van der Waals surface area contributed by atoms with Crippen molar-refractivity contribution in [2.75, 3.05) is 13.1 Å². The van der Waals surface area contributed by atoms with Gasteiger partial charge in [0.25, 0.3) is 5.91 Å². The van der Waals surface area contributed by atoms with Gasteiger partial charge < -0.3 is 9.47 Å². The molecule has 1 aliphatic heterocycles. The lowest BCUT2D eigenvalue weighted by Crippen LogP contribution is -2.39. The van der Waals surface area contributed by atoms with Gasteiger partial charge in [0.15, 0.2) is 0 Å². The summed E-state index contributed by atoms with van der Waals surface area (Å²) in [6.07, 6.45) is 8.35. The minimum absolute atomic E-state index is 0.0166. The Balaban J connectivity index is 1.59. The Labute approximate surface area is 135 Å². The Kier molecular flexibility index (Phi) is 4.55. The van der Waals surface area contributed by atoms with Crippen molar-refractivity contribution in [3.05, 3.63) is 64.3 Å². The number of carbonyl (C=O) groups excluding carboxylic acids is 1. The molecule has 0 bridgehead atoms. The molecule has 1 aliphatic rings. The largest absolute Gasteiger partial charge is 0.339 e. The Hall–Kier alpha value is -2.43. The lowest BCUT2D eigenvalue weighted by molar-refractivity contribution is 0.0689. The predicted octanol–water partition coefficient (Wildman–Crippen LogP) is 1.88. The molecule has 23 heavy (non-hydrogen) atoms. The maximum absolute atomic E-state index is 12.5. The number of amides is 1. The SMILES string of the molecule is Cn1cc(C(=O)N2CCC(Cc3ccncc3)CC2)ccc1=O. The van der Waals surface area contributed by atoms with Crippen molar-refractivity contribution in [3.63, 3.8) is 0 Å². The normalized spacial score (nSPS) is 15.6. The van der Waals surface area contributed by atoms with Crippen LogP contribution in [0.15, 0.2) is 47.7 Å². The molecule has 5 heteroatoms. The Morgan fingerprint density at radius 3 is 2.52 bits per heavy atom. The molecule has 3 rings (SSSR count). The highest BCUT2D eigenvalue weighted by molar-refractivity contribution is 5.93. The van der Waals surface area contributed by atoms with Gasteiger partial charge in [0, 0.05) is 44.8 Å². The summed E-state index contributed by atoms with van der Waals surface area (Å²) in [5, 5.41) is 0. The maximum atomic E-state index is 12.5. The summed E-state index contributed by atoms with van der Waals surface area (Å²) in [6.45, 7) is 1.55. The van der Waals surface area contributed by atoms with Gasteiger partial charge in [-0.05, 0) is 48.9 Å². The Bertz CT molecular complexity index is 731. The van der Waals surface area contributed by atoms with E-state index in [9.17, 15) is 9.59 Å². The molecule has 120 valence electrons. The standard InChI is InChI=1S/C18H21N3O2/c1-20-13-16(2-3-17(20)22)18(23)21-10-6-15(7-11-21)12-14-4-8-19-9-5-14/h2-5,8-9,13,15H,6-7,10-12H2,1H3. The maximum Gasteiger partial charge on any atom is 0.255 e. The Morgan fingerprint density at radius 2 is 1.87 bits per heavy atom. The van der Waals surface area contributed by atoms with Gasteiger partial charge in [0.2, 0.25) is 5.56 Å². The van der Waals surface area contributed by atoms with E-state index in [1.54, 1.807) is 19.3 Å². The van der Waals surface area contributed by atoms with Crippen LogP contribution < -0.4 is 5.56 Å². The summed E-state index contributed by atoms with van der Waals surface area (Å²) < 4.78 is 1.45. The molecule has 2 aromatic heterocycles.